The van der Waals surface area contributed by atoms with Crippen molar-refractivity contribution in [1.82, 2.24) is 25.2 Å². The van der Waals surface area contributed by atoms with Gasteiger partial charge in [-0.15, -0.1) is 0 Å². The van der Waals surface area contributed by atoms with E-state index in [9.17, 15) is 18.0 Å². The van der Waals surface area contributed by atoms with Gasteiger partial charge in [-0.25, -0.2) is 22.7 Å². The first-order valence-corrected chi connectivity index (χ1v) is 12.1. The second kappa shape index (κ2) is 7.45. The van der Waals surface area contributed by atoms with E-state index in [1.54, 1.807) is 28.9 Å². The maximum absolute atomic E-state index is 11.9. The average Bonchev–Trinajstić information content (AvgIpc) is 3.35. The van der Waals surface area contributed by atoms with Gasteiger partial charge in [0.1, 0.15) is 5.70 Å². The van der Waals surface area contributed by atoms with E-state index < -0.39 is 21.8 Å². The average molecular weight is 452 g/mol. The minimum Gasteiger partial charge on any atom is -0.379 e. The third-order valence-electron chi connectivity index (χ3n) is 5.09. The van der Waals surface area contributed by atoms with Gasteiger partial charge < -0.3 is 10.6 Å². The summed E-state index contributed by atoms with van der Waals surface area (Å²) in [7, 11) is -3.18. The predicted molar refractivity (Wildman–Crippen MR) is 118 cm³/mol. The highest BCUT2D eigenvalue weighted by atomic mass is 32.2. The van der Waals surface area contributed by atoms with Crippen LogP contribution >= 0.6 is 0 Å². The predicted octanol–water partition coefficient (Wildman–Crippen LogP) is 1.70. The quantitative estimate of drug-likeness (QED) is 0.383. The maximum Gasteiger partial charge on any atom is 0.326 e. The van der Waals surface area contributed by atoms with E-state index >= 15 is 0 Å². The van der Waals surface area contributed by atoms with Gasteiger partial charge in [0.2, 0.25) is 0 Å². The van der Waals surface area contributed by atoms with E-state index in [0.29, 0.717) is 28.6 Å². The highest BCUT2D eigenvalue weighted by Gasteiger charge is 2.25. The largest absolute Gasteiger partial charge is 0.379 e. The van der Waals surface area contributed by atoms with Crippen molar-refractivity contribution in [2.45, 2.75) is 24.6 Å². The van der Waals surface area contributed by atoms with Gasteiger partial charge >= 0.3 is 6.03 Å². The molecule has 0 bridgehead atoms. The summed E-state index contributed by atoms with van der Waals surface area (Å²) in [6, 6.07) is 8.90. The number of imidazole rings is 1. The number of nitrogens with one attached hydrogen (secondary N) is 3. The molecule has 3 N–H and O–H groups in total. The lowest BCUT2D eigenvalue weighted by atomic mass is 10.1. The van der Waals surface area contributed by atoms with E-state index in [1.807, 2.05) is 12.1 Å². The van der Waals surface area contributed by atoms with Crippen molar-refractivity contribution in [3.8, 4) is 11.3 Å². The van der Waals surface area contributed by atoms with Crippen LogP contribution in [0.1, 0.15) is 24.1 Å². The van der Waals surface area contributed by atoms with Crippen molar-refractivity contribution in [3.05, 3.63) is 53.5 Å². The van der Waals surface area contributed by atoms with Crippen LogP contribution in [0.2, 0.25) is 0 Å². The van der Waals surface area contributed by atoms with E-state index in [-0.39, 0.29) is 11.4 Å². The molecule has 3 aromatic rings. The number of nitrogens with zero attached hydrogens (tertiary/aromatic N) is 3. The lowest BCUT2D eigenvalue weighted by molar-refractivity contribution is -0.115. The van der Waals surface area contributed by atoms with Gasteiger partial charge in [-0.3, -0.25) is 10.1 Å². The first kappa shape index (κ1) is 20.2. The summed E-state index contributed by atoms with van der Waals surface area (Å²) >= 11 is 0. The van der Waals surface area contributed by atoms with Gasteiger partial charge in [0, 0.05) is 17.9 Å². The smallest absolute Gasteiger partial charge is 0.326 e. The zero-order valence-corrected chi connectivity index (χ0v) is 17.9. The molecule has 5 rings (SSSR count). The first-order valence-electron chi connectivity index (χ1n) is 10.0. The Kier molecular flexibility index (Phi) is 4.70. The summed E-state index contributed by atoms with van der Waals surface area (Å²) in [6.07, 6.45) is 6.42. The number of hydrogen-bond donors (Lipinski definition) is 3. The van der Waals surface area contributed by atoms with Crippen LogP contribution in [0.3, 0.4) is 0 Å². The summed E-state index contributed by atoms with van der Waals surface area (Å²) in [4.78, 5) is 27.8. The normalized spacial score (nSPS) is 17.6. The fourth-order valence-electron chi connectivity index (χ4n) is 3.53. The molecule has 3 heterocycles. The molecular weight excluding hydrogens is 432 g/mol. The molecule has 1 saturated heterocycles. The third-order valence-corrected chi connectivity index (χ3v) is 5.95. The second-order valence-corrected chi connectivity index (χ2v) is 10.2. The Hall–Kier alpha value is -3.73. The molecular formula is C21H20N6O4S. The summed E-state index contributed by atoms with van der Waals surface area (Å²) in [5.41, 5.74) is 4.04. The minimum absolute atomic E-state index is 0.0620. The van der Waals surface area contributed by atoms with Crippen LogP contribution < -0.4 is 16.0 Å². The number of sulfone groups is 1. The SMILES string of the molecule is CS(=O)(=O)Cc1cccc(-c2cc(NC3CC3)c3ncc(/C=C4\NC(=O)NC4=O)n3n2)c1. The van der Waals surface area contributed by atoms with Gasteiger partial charge in [0.25, 0.3) is 5.91 Å². The van der Waals surface area contributed by atoms with Gasteiger partial charge in [0.05, 0.1) is 29.0 Å². The van der Waals surface area contributed by atoms with Crippen molar-refractivity contribution in [1.29, 1.82) is 0 Å². The van der Waals surface area contributed by atoms with Crippen molar-refractivity contribution in [2.75, 3.05) is 11.6 Å². The van der Waals surface area contributed by atoms with Crippen LogP contribution in [-0.2, 0) is 20.4 Å². The molecule has 10 nitrogen and oxygen atoms in total. The number of urea groups is 1. The van der Waals surface area contributed by atoms with Crippen LogP contribution in [0.25, 0.3) is 23.0 Å². The molecule has 0 atom stereocenters. The number of hydrogen-bond acceptors (Lipinski definition) is 7. The molecule has 1 saturated carbocycles. The number of rotatable bonds is 6. The van der Waals surface area contributed by atoms with Crippen LogP contribution in [0.5, 0.6) is 0 Å². The van der Waals surface area contributed by atoms with Crippen LogP contribution in [0.4, 0.5) is 10.5 Å². The van der Waals surface area contributed by atoms with E-state index in [2.05, 4.69) is 20.9 Å². The molecule has 1 aliphatic carbocycles. The zero-order chi connectivity index (χ0) is 22.5. The van der Waals surface area contributed by atoms with Gasteiger partial charge in [-0.1, -0.05) is 18.2 Å². The third kappa shape index (κ3) is 4.19. The Morgan fingerprint density at radius 2 is 2.03 bits per heavy atom. The molecule has 3 amide bonds. The lowest BCUT2D eigenvalue weighted by Crippen LogP contribution is -2.22. The number of fused-ring (bicyclic) bond motifs is 1. The molecule has 2 aromatic heterocycles. The fourth-order valence-corrected chi connectivity index (χ4v) is 4.32. The Morgan fingerprint density at radius 3 is 2.72 bits per heavy atom. The van der Waals surface area contributed by atoms with Gasteiger partial charge in [-0.2, -0.15) is 5.10 Å². The molecule has 0 radical (unpaired) electrons. The Bertz CT molecular complexity index is 1400. The van der Waals surface area contributed by atoms with Crippen molar-refractivity contribution >= 4 is 39.2 Å². The number of aromatic nitrogens is 3. The van der Waals surface area contributed by atoms with Crippen molar-refractivity contribution < 1.29 is 18.0 Å². The second-order valence-electron chi connectivity index (χ2n) is 8.02. The highest BCUT2D eigenvalue weighted by molar-refractivity contribution is 7.89. The first-order chi connectivity index (χ1) is 15.2. The molecule has 1 aromatic carbocycles. The van der Waals surface area contributed by atoms with Gasteiger partial charge in [-0.05, 0) is 36.6 Å². The Balaban J connectivity index is 1.62. The van der Waals surface area contributed by atoms with E-state index in [4.69, 9.17) is 5.10 Å². The number of anilines is 1. The molecule has 11 heteroatoms. The molecule has 1 aliphatic heterocycles. The van der Waals surface area contributed by atoms with Crippen LogP contribution in [0, 0.1) is 0 Å². The number of carbonyl (C=O) groups is 2. The summed E-state index contributed by atoms with van der Waals surface area (Å²) in [5.74, 6) is -0.584. The molecule has 2 fully saturated rings. The molecule has 164 valence electrons. The minimum atomic E-state index is -3.18. The van der Waals surface area contributed by atoms with E-state index in [0.717, 1.165) is 24.1 Å². The number of imide groups is 1. The standard InChI is InChI=1S/C21H20N6O4S/c1-32(30,31)11-12-3-2-4-13(7-12)16-9-17(23-14-5-6-14)19-22-10-15(27(19)26-16)8-18-20(28)25-21(29)24-18/h2-4,7-10,14,23H,5-6,11H2,1H3,(H2,24,25,28,29)/b18-8-. The van der Waals surface area contributed by atoms with Crippen molar-refractivity contribution in [2.24, 2.45) is 0 Å². The number of benzene rings is 1. The lowest BCUT2D eigenvalue weighted by Gasteiger charge is -2.11. The van der Waals surface area contributed by atoms with Crippen LogP contribution in [-0.4, -0.2) is 47.3 Å². The molecule has 2 aliphatic rings. The summed E-state index contributed by atoms with van der Waals surface area (Å²) in [5, 5.41) is 12.8. The molecule has 0 unspecified atom stereocenters. The number of carbonyl (C=O) groups excluding carboxylic acids is 2. The van der Waals surface area contributed by atoms with Gasteiger partial charge in [0.15, 0.2) is 15.5 Å². The fraction of sp³-hybridized carbons (Fsp3) is 0.238. The summed E-state index contributed by atoms with van der Waals surface area (Å²) in [6.45, 7) is 0. The summed E-state index contributed by atoms with van der Waals surface area (Å²) < 4.78 is 25.1. The van der Waals surface area contributed by atoms with Crippen LogP contribution in [0.15, 0.2) is 42.2 Å². The van der Waals surface area contributed by atoms with Crippen molar-refractivity contribution in [3.63, 3.8) is 0 Å². The highest BCUT2D eigenvalue weighted by Crippen LogP contribution is 2.30. The monoisotopic (exact) mass is 452 g/mol. The molecule has 32 heavy (non-hydrogen) atoms. The topological polar surface area (TPSA) is 135 Å². The van der Waals surface area contributed by atoms with E-state index in [1.165, 1.54) is 12.3 Å². The molecule has 0 spiro atoms. The number of amides is 3. The Labute approximate surface area is 183 Å². The maximum atomic E-state index is 11.9. The Morgan fingerprint density at radius 1 is 1.22 bits per heavy atom. The zero-order valence-electron chi connectivity index (χ0n) is 17.1.